The van der Waals surface area contributed by atoms with Gasteiger partial charge in [0.15, 0.2) is 5.16 Å². The molecular formula is C29H29N5OS. The molecule has 1 aromatic heterocycles. The first-order valence-corrected chi connectivity index (χ1v) is 13.4. The lowest BCUT2D eigenvalue weighted by molar-refractivity contribution is -0.115. The zero-order valence-electron chi connectivity index (χ0n) is 20.4. The normalized spacial score (nSPS) is 14.9. The summed E-state index contributed by atoms with van der Waals surface area (Å²) in [6.07, 6.45) is 6.58. The molecule has 0 bridgehead atoms. The molecular weight excluding hydrogens is 466 g/mol. The Labute approximate surface area is 215 Å². The second-order valence-electron chi connectivity index (χ2n) is 9.32. The van der Waals surface area contributed by atoms with Crippen molar-refractivity contribution in [3.05, 3.63) is 83.7 Å². The van der Waals surface area contributed by atoms with Crippen molar-refractivity contribution in [2.45, 2.75) is 61.9 Å². The predicted octanol–water partition coefficient (Wildman–Crippen LogP) is 6.52. The molecule has 1 fully saturated rings. The minimum atomic E-state index is -0.368. The van der Waals surface area contributed by atoms with Crippen LogP contribution in [0, 0.1) is 11.3 Å². The minimum Gasteiger partial charge on any atom is -0.325 e. The monoisotopic (exact) mass is 495 g/mol. The summed E-state index contributed by atoms with van der Waals surface area (Å²) < 4.78 is 2.30. The van der Waals surface area contributed by atoms with E-state index >= 15 is 0 Å². The number of rotatable bonds is 7. The van der Waals surface area contributed by atoms with Gasteiger partial charge in [0.05, 0.1) is 16.9 Å². The average molecular weight is 496 g/mol. The molecule has 7 heteroatoms. The molecule has 1 unspecified atom stereocenters. The highest BCUT2D eigenvalue weighted by Crippen LogP contribution is 2.35. The number of carbonyl (C=O) groups excluding carboxylic acids is 1. The number of thioether (sulfide) groups is 1. The molecule has 1 N–H and O–H groups in total. The molecule has 1 amide bonds. The summed E-state index contributed by atoms with van der Waals surface area (Å²) >= 11 is 1.45. The lowest BCUT2D eigenvalue weighted by atomic mass is 9.95. The number of carbonyl (C=O) groups is 1. The largest absolute Gasteiger partial charge is 0.325 e. The quantitative estimate of drug-likeness (QED) is 0.295. The van der Waals surface area contributed by atoms with Crippen molar-refractivity contribution in [2.24, 2.45) is 0 Å². The minimum absolute atomic E-state index is 0.121. The first kappa shape index (κ1) is 24.1. The standard InChI is InChI=1S/C29H29N5OS/c1-20(28(35)31-24-13-7-9-21(17-24)19-30)36-29-33-32-27(34(29)25-14-3-2-4-15-25)18-23-12-8-11-22-10-5-6-16-26(22)23/h5-13,16-17,20,25H,2-4,14-15,18H2,1H3,(H,31,35). The van der Waals surface area contributed by atoms with Crippen LogP contribution in [-0.4, -0.2) is 25.9 Å². The van der Waals surface area contributed by atoms with E-state index in [1.54, 1.807) is 24.3 Å². The molecule has 6 nitrogen and oxygen atoms in total. The third-order valence-corrected chi connectivity index (χ3v) is 7.87. The van der Waals surface area contributed by atoms with Gasteiger partial charge in [0.25, 0.3) is 0 Å². The van der Waals surface area contributed by atoms with Crippen LogP contribution >= 0.6 is 11.8 Å². The van der Waals surface area contributed by atoms with Gasteiger partial charge in [-0.05, 0) is 54.3 Å². The van der Waals surface area contributed by atoms with E-state index in [0.717, 1.165) is 23.8 Å². The van der Waals surface area contributed by atoms with Gasteiger partial charge < -0.3 is 9.88 Å². The van der Waals surface area contributed by atoms with Gasteiger partial charge in [-0.3, -0.25) is 4.79 Å². The molecule has 1 aliphatic rings. The first-order valence-electron chi connectivity index (χ1n) is 12.5. The Hall–Kier alpha value is -3.63. The molecule has 1 atom stereocenters. The predicted molar refractivity (Wildman–Crippen MR) is 144 cm³/mol. The maximum absolute atomic E-state index is 13.0. The van der Waals surface area contributed by atoms with Gasteiger partial charge in [0, 0.05) is 18.2 Å². The Morgan fingerprint density at radius 3 is 2.69 bits per heavy atom. The Bertz CT molecular complexity index is 1410. The van der Waals surface area contributed by atoms with E-state index in [1.165, 1.54) is 47.4 Å². The third kappa shape index (κ3) is 5.29. The molecule has 182 valence electrons. The van der Waals surface area contributed by atoms with Crippen LogP contribution in [0.3, 0.4) is 0 Å². The molecule has 0 radical (unpaired) electrons. The number of hydrogen-bond donors (Lipinski definition) is 1. The van der Waals surface area contributed by atoms with E-state index in [0.29, 0.717) is 23.7 Å². The van der Waals surface area contributed by atoms with Gasteiger partial charge >= 0.3 is 0 Å². The highest BCUT2D eigenvalue weighted by Gasteiger charge is 2.26. The van der Waals surface area contributed by atoms with Gasteiger partial charge in [-0.25, -0.2) is 0 Å². The fourth-order valence-electron chi connectivity index (χ4n) is 4.95. The number of nitriles is 1. The highest BCUT2D eigenvalue weighted by molar-refractivity contribution is 8.00. The number of nitrogens with zero attached hydrogens (tertiary/aromatic N) is 4. The van der Waals surface area contributed by atoms with Crippen molar-refractivity contribution in [1.29, 1.82) is 5.26 Å². The van der Waals surface area contributed by atoms with E-state index in [4.69, 9.17) is 5.26 Å². The van der Waals surface area contributed by atoms with Crippen molar-refractivity contribution in [2.75, 3.05) is 5.32 Å². The van der Waals surface area contributed by atoms with Crippen molar-refractivity contribution < 1.29 is 4.79 Å². The number of benzene rings is 3. The second-order valence-corrected chi connectivity index (χ2v) is 10.6. The van der Waals surface area contributed by atoms with E-state index in [1.807, 2.05) is 6.92 Å². The number of fused-ring (bicyclic) bond motifs is 1. The molecule has 1 heterocycles. The maximum atomic E-state index is 13.0. The van der Waals surface area contributed by atoms with E-state index in [-0.39, 0.29) is 11.2 Å². The number of nitrogens with one attached hydrogen (secondary N) is 1. The van der Waals surface area contributed by atoms with E-state index < -0.39 is 0 Å². The Morgan fingerprint density at radius 1 is 1.08 bits per heavy atom. The van der Waals surface area contributed by atoms with Gasteiger partial charge in [-0.2, -0.15) is 5.26 Å². The molecule has 0 saturated heterocycles. The summed E-state index contributed by atoms with van der Waals surface area (Å²) in [7, 11) is 0. The van der Waals surface area contributed by atoms with Crippen LogP contribution < -0.4 is 5.32 Å². The van der Waals surface area contributed by atoms with Gasteiger partial charge in [-0.15, -0.1) is 10.2 Å². The molecule has 0 aliphatic heterocycles. The Balaban J connectivity index is 1.40. The fourth-order valence-corrected chi connectivity index (χ4v) is 5.89. The fraction of sp³-hybridized carbons (Fsp3) is 0.310. The summed E-state index contributed by atoms with van der Waals surface area (Å²) in [5, 5.41) is 24.2. The number of hydrogen-bond acceptors (Lipinski definition) is 5. The van der Waals surface area contributed by atoms with Crippen LogP contribution in [0.4, 0.5) is 5.69 Å². The lowest BCUT2D eigenvalue weighted by Crippen LogP contribution is -2.24. The number of amides is 1. The van der Waals surface area contributed by atoms with Gasteiger partial charge in [0.1, 0.15) is 5.82 Å². The first-order chi connectivity index (χ1) is 17.6. The van der Waals surface area contributed by atoms with E-state index in [9.17, 15) is 4.79 Å². The summed E-state index contributed by atoms with van der Waals surface area (Å²) in [5.41, 5.74) is 2.37. The van der Waals surface area contributed by atoms with Crippen LogP contribution in [0.5, 0.6) is 0 Å². The molecule has 1 saturated carbocycles. The van der Waals surface area contributed by atoms with Gasteiger partial charge in [0.2, 0.25) is 5.91 Å². The zero-order valence-corrected chi connectivity index (χ0v) is 21.2. The SMILES string of the molecule is CC(Sc1nnc(Cc2cccc3ccccc23)n1C1CCCCC1)C(=O)Nc1cccc(C#N)c1. The molecule has 0 spiro atoms. The summed E-state index contributed by atoms with van der Waals surface area (Å²) in [5.74, 6) is 0.832. The molecule has 3 aromatic carbocycles. The Kier molecular flexibility index (Phi) is 7.33. The van der Waals surface area contributed by atoms with Crippen molar-refractivity contribution in [3.8, 4) is 6.07 Å². The number of aromatic nitrogens is 3. The Morgan fingerprint density at radius 2 is 1.86 bits per heavy atom. The van der Waals surface area contributed by atoms with Crippen molar-refractivity contribution in [3.63, 3.8) is 0 Å². The summed E-state index contributed by atoms with van der Waals surface area (Å²) in [6, 6.07) is 24.3. The summed E-state index contributed by atoms with van der Waals surface area (Å²) in [6.45, 7) is 1.89. The van der Waals surface area contributed by atoms with Crippen LogP contribution in [-0.2, 0) is 11.2 Å². The molecule has 5 rings (SSSR count). The third-order valence-electron chi connectivity index (χ3n) is 6.81. The van der Waals surface area contributed by atoms with Gasteiger partial charge in [-0.1, -0.05) is 79.6 Å². The zero-order chi connectivity index (χ0) is 24.9. The van der Waals surface area contributed by atoms with Crippen LogP contribution in [0.25, 0.3) is 10.8 Å². The lowest BCUT2D eigenvalue weighted by Gasteiger charge is -2.26. The topological polar surface area (TPSA) is 83.6 Å². The summed E-state index contributed by atoms with van der Waals surface area (Å²) in [4.78, 5) is 13.0. The van der Waals surface area contributed by atoms with Crippen LogP contribution in [0.2, 0.25) is 0 Å². The van der Waals surface area contributed by atoms with Crippen LogP contribution in [0.15, 0.2) is 71.9 Å². The number of anilines is 1. The van der Waals surface area contributed by atoms with E-state index in [2.05, 4.69) is 68.6 Å². The van der Waals surface area contributed by atoms with Crippen molar-refractivity contribution in [1.82, 2.24) is 14.8 Å². The average Bonchev–Trinajstić information content (AvgIpc) is 3.31. The highest BCUT2D eigenvalue weighted by atomic mass is 32.2. The molecule has 36 heavy (non-hydrogen) atoms. The second kappa shape index (κ2) is 11.0. The van der Waals surface area contributed by atoms with Crippen LogP contribution in [0.1, 0.15) is 62.0 Å². The smallest absolute Gasteiger partial charge is 0.237 e. The molecule has 4 aromatic rings. The maximum Gasteiger partial charge on any atom is 0.237 e. The van der Waals surface area contributed by atoms with Crippen molar-refractivity contribution >= 4 is 34.1 Å². The molecule has 1 aliphatic carbocycles.